The molecule has 2 aromatic rings. The van der Waals surface area contributed by atoms with Gasteiger partial charge in [-0.1, -0.05) is 35.0 Å². The van der Waals surface area contributed by atoms with E-state index in [0.29, 0.717) is 30.2 Å². The number of ether oxygens (including phenoxy) is 2. The molecule has 0 unspecified atom stereocenters. The van der Waals surface area contributed by atoms with Gasteiger partial charge in [0.2, 0.25) is 0 Å². The van der Waals surface area contributed by atoms with Crippen molar-refractivity contribution in [3.05, 3.63) is 58.1 Å². The number of hydrogen-bond donors (Lipinski definition) is 2. The van der Waals surface area contributed by atoms with E-state index in [-0.39, 0.29) is 0 Å². The minimum atomic E-state index is -0.814. The van der Waals surface area contributed by atoms with Crippen molar-refractivity contribution >= 4 is 34.0 Å². The number of benzene rings is 2. The predicted octanol–water partition coefficient (Wildman–Crippen LogP) is 3.01. The highest BCUT2D eigenvalue weighted by Crippen LogP contribution is 2.28. The quantitative estimate of drug-likeness (QED) is 0.369. The van der Waals surface area contributed by atoms with Crippen LogP contribution in [0.2, 0.25) is 0 Å². The summed E-state index contributed by atoms with van der Waals surface area (Å²) in [7, 11) is 1.54. The maximum Gasteiger partial charge on any atom is 0.329 e. The minimum Gasteiger partial charge on any atom is -0.493 e. The Balaban J connectivity index is 1.95. The molecule has 8 heteroatoms. The van der Waals surface area contributed by atoms with Gasteiger partial charge in [0.25, 0.3) is 0 Å². The Morgan fingerprint density at radius 3 is 2.54 bits per heavy atom. The van der Waals surface area contributed by atoms with Gasteiger partial charge in [0.05, 0.1) is 13.3 Å². The smallest absolute Gasteiger partial charge is 0.329 e. The van der Waals surface area contributed by atoms with Crippen LogP contribution >= 0.6 is 15.9 Å². The zero-order valence-electron chi connectivity index (χ0n) is 15.7. The summed E-state index contributed by atoms with van der Waals surface area (Å²) in [5, 5.41) is 6.26. The van der Waals surface area contributed by atoms with Gasteiger partial charge in [-0.05, 0) is 47.9 Å². The first kappa shape index (κ1) is 21.4. The van der Waals surface area contributed by atoms with Gasteiger partial charge in [0.1, 0.15) is 6.61 Å². The van der Waals surface area contributed by atoms with Crippen LogP contribution in [-0.4, -0.2) is 31.7 Å². The molecule has 28 heavy (non-hydrogen) atoms. The molecule has 2 N–H and O–H groups in total. The summed E-state index contributed by atoms with van der Waals surface area (Å²) < 4.78 is 12.2. The lowest BCUT2D eigenvalue weighted by molar-refractivity contribution is -0.139. The molecule has 0 fully saturated rings. The van der Waals surface area contributed by atoms with Crippen molar-refractivity contribution in [3.63, 3.8) is 0 Å². The van der Waals surface area contributed by atoms with Gasteiger partial charge in [-0.3, -0.25) is 9.59 Å². The average molecular weight is 448 g/mol. The van der Waals surface area contributed by atoms with E-state index in [1.807, 2.05) is 31.2 Å². The van der Waals surface area contributed by atoms with Gasteiger partial charge in [0, 0.05) is 11.0 Å². The molecule has 2 amide bonds. The van der Waals surface area contributed by atoms with E-state index >= 15 is 0 Å². The maximum atomic E-state index is 11.6. The van der Waals surface area contributed by atoms with Gasteiger partial charge < -0.3 is 14.8 Å². The molecule has 7 nitrogen and oxygen atoms in total. The highest BCUT2D eigenvalue weighted by atomic mass is 79.9. The van der Waals surface area contributed by atoms with E-state index in [4.69, 9.17) is 9.47 Å². The third-order valence-corrected chi connectivity index (χ3v) is 4.15. The van der Waals surface area contributed by atoms with Crippen LogP contribution in [0.1, 0.15) is 24.5 Å². The molecule has 0 saturated heterocycles. The Kier molecular flexibility index (Phi) is 8.48. The molecule has 0 saturated carbocycles. The highest BCUT2D eigenvalue weighted by molar-refractivity contribution is 9.10. The summed E-state index contributed by atoms with van der Waals surface area (Å²) in [5.74, 6) is -0.405. The first-order valence-corrected chi connectivity index (χ1v) is 9.49. The number of halogens is 1. The van der Waals surface area contributed by atoms with Crippen LogP contribution < -0.4 is 20.2 Å². The highest BCUT2D eigenvalue weighted by Gasteiger charge is 2.11. The molecule has 2 rings (SSSR count). The summed E-state index contributed by atoms with van der Waals surface area (Å²) in [6.45, 7) is 2.74. The molecular formula is C20H22BrN3O4. The van der Waals surface area contributed by atoms with Gasteiger partial charge in [-0.25, -0.2) is 5.43 Å². The maximum absolute atomic E-state index is 11.6. The van der Waals surface area contributed by atoms with Gasteiger partial charge >= 0.3 is 11.8 Å². The van der Waals surface area contributed by atoms with Crippen LogP contribution in [0.15, 0.2) is 52.0 Å². The number of rotatable bonds is 8. The number of methoxy groups -OCH3 is 1. The molecule has 0 atom stereocenters. The second-order valence-corrected chi connectivity index (χ2v) is 6.70. The fourth-order valence-corrected chi connectivity index (χ4v) is 2.42. The van der Waals surface area contributed by atoms with E-state index < -0.39 is 11.8 Å². The molecular weight excluding hydrogens is 426 g/mol. The summed E-state index contributed by atoms with van der Waals surface area (Å²) in [5.41, 5.74) is 3.90. The SMILES string of the molecule is CCCNC(=O)C(=O)N/N=C\c1ccc(OCc2ccc(Br)cc2)c(OC)c1. The number of amides is 2. The van der Waals surface area contributed by atoms with Crippen LogP contribution in [0.3, 0.4) is 0 Å². The number of carbonyl (C=O) groups is 2. The van der Waals surface area contributed by atoms with Crippen LogP contribution in [-0.2, 0) is 16.2 Å². The van der Waals surface area contributed by atoms with Crippen molar-refractivity contribution < 1.29 is 19.1 Å². The molecule has 0 aromatic heterocycles. The van der Waals surface area contributed by atoms with Crippen molar-refractivity contribution in [2.75, 3.05) is 13.7 Å². The fourth-order valence-electron chi connectivity index (χ4n) is 2.16. The zero-order valence-corrected chi connectivity index (χ0v) is 17.3. The third kappa shape index (κ3) is 6.70. The molecule has 0 aliphatic rings. The standard InChI is InChI=1S/C20H22BrN3O4/c1-3-10-22-19(25)20(26)24-23-12-15-6-9-17(18(11-15)27-2)28-13-14-4-7-16(21)8-5-14/h4-9,11-12H,3,10,13H2,1-2H3,(H,22,25)(H,24,26)/b23-12-. The van der Waals surface area contributed by atoms with Crippen LogP contribution in [0, 0.1) is 0 Å². The fraction of sp³-hybridized carbons (Fsp3) is 0.250. The van der Waals surface area contributed by atoms with E-state index in [2.05, 4.69) is 31.8 Å². The zero-order chi connectivity index (χ0) is 20.4. The predicted molar refractivity (Wildman–Crippen MR) is 111 cm³/mol. The third-order valence-electron chi connectivity index (χ3n) is 3.62. The molecule has 148 valence electrons. The first-order chi connectivity index (χ1) is 13.5. The number of hydrazone groups is 1. The monoisotopic (exact) mass is 447 g/mol. The summed E-state index contributed by atoms with van der Waals surface area (Å²) >= 11 is 3.40. The Labute approximate surface area is 172 Å². The van der Waals surface area contributed by atoms with Gasteiger partial charge in [0.15, 0.2) is 11.5 Å². The molecule has 0 radical (unpaired) electrons. The van der Waals surface area contributed by atoms with Gasteiger partial charge in [-0.2, -0.15) is 5.10 Å². The van der Waals surface area contributed by atoms with Gasteiger partial charge in [-0.15, -0.1) is 0 Å². The summed E-state index contributed by atoms with van der Waals surface area (Å²) in [4.78, 5) is 23.0. The number of nitrogens with one attached hydrogen (secondary N) is 2. The van der Waals surface area contributed by atoms with Crippen LogP contribution in [0.25, 0.3) is 0 Å². The molecule has 0 bridgehead atoms. The van der Waals surface area contributed by atoms with Crippen molar-refractivity contribution in [3.8, 4) is 11.5 Å². The Bertz CT molecular complexity index is 838. The molecule has 0 heterocycles. The summed E-state index contributed by atoms with van der Waals surface area (Å²) in [6, 6.07) is 13.1. The lowest BCUT2D eigenvalue weighted by atomic mass is 10.2. The van der Waals surface area contributed by atoms with E-state index in [0.717, 1.165) is 16.5 Å². The van der Waals surface area contributed by atoms with Crippen molar-refractivity contribution in [2.24, 2.45) is 5.10 Å². The lowest BCUT2D eigenvalue weighted by Gasteiger charge is -2.11. The Hall–Kier alpha value is -2.87. The van der Waals surface area contributed by atoms with Crippen molar-refractivity contribution in [1.29, 1.82) is 0 Å². The largest absolute Gasteiger partial charge is 0.493 e. The van der Waals surface area contributed by atoms with Crippen LogP contribution in [0.4, 0.5) is 0 Å². The minimum absolute atomic E-state index is 0.403. The molecule has 0 spiro atoms. The second-order valence-electron chi connectivity index (χ2n) is 5.78. The summed E-state index contributed by atoms with van der Waals surface area (Å²) in [6.07, 6.45) is 2.17. The van der Waals surface area contributed by atoms with Crippen molar-refractivity contribution in [1.82, 2.24) is 10.7 Å². The average Bonchev–Trinajstić information content (AvgIpc) is 2.71. The van der Waals surface area contributed by atoms with E-state index in [1.165, 1.54) is 6.21 Å². The first-order valence-electron chi connectivity index (χ1n) is 8.70. The van der Waals surface area contributed by atoms with E-state index in [1.54, 1.807) is 25.3 Å². The van der Waals surface area contributed by atoms with Crippen molar-refractivity contribution in [2.45, 2.75) is 20.0 Å². The molecule has 0 aliphatic carbocycles. The lowest BCUT2D eigenvalue weighted by Crippen LogP contribution is -2.38. The number of nitrogens with zero attached hydrogens (tertiary/aromatic N) is 1. The number of hydrogen-bond acceptors (Lipinski definition) is 5. The van der Waals surface area contributed by atoms with Crippen LogP contribution in [0.5, 0.6) is 11.5 Å². The Morgan fingerprint density at radius 1 is 1.11 bits per heavy atom. The van der Waals surface area contributed by atoms with E-state index in [9.17, 15) is 9.59 Å². The number of carbonyl (C=O) groups excluding carboxylic acids is 2. The second kappa shape index (κ2) is 11.1. The normalized spacial score (nSPS) is 10.5. The topological polar surface area (TPSA) is 89.0 Å². The molecule has 2 aromatic carbocycles. The molecule has 0 aliphatic heterocycles. The Morgan fingerprint density at radius 2 is 1.86 bits per heavy atom.